The fraction of sp³-hybridized carbons (Fsp3) is 0.733. The number of hydrogen-bond donors (Lipinski definition) is 1. The summed E-state index contributed by atoms with van der Waals surface area (Å²) in [5.41, 5.74) is 0. The lowest BCUT2D eigenvalue weighted by molar-refractivity contribution is 0.122. The number of hydrogen-bond acceptors (Lipinski definition) is 4. The van der Waals surface area contributed by atoms with Crippen molar-refractivity contribution < 1.29 is 4.74 Å². The van der Waals surface area contributed by atoms with Crippen LogP contribution in [0.2, 0.25) is 0 Å². The van der Waals surface area contributed by atoms with E-state index in [1.165, 1.54) is 25.1 Å². The average Bonchev–Trinajstić information content (AvgIpc) is 2.72. The standard InChI is InChI=1S/C15H24N4O/c1-2-7-14-17-18-15(19(14)10-4-1)8-9-16-12-13-6-3-5-11-20-13/h5,11,13,16H,1-4,6-10,12H2/t13-/m1/s1. The van der Waals surface area contributed by atoms with E-state index < -0.39 is 0 Å². The summed E-state index contributed by atoms with van der Waals surface area (Å²) >= 11 is 0. The SMILES string of the molecule is C1=CO[C@@H](CNCCc2nnc3n2CCCCC3)CC1. The van der Waals surface area contributed by atoms with Crippen LogP contribution >= 0.6 is 0 Å². The highest BCUT2D eigenvalue weighted by Crippen LogP contribution is 2.14. The van der Waals surface area contributed by atoms with Crippen LogP contribution in [0, 0.1) is 0 Å². The molecule has 0 fully saturated rings. The summed E-state index contributed by atoms with van der Waals surface area (Å²) in [5.74, 6) is 2.32. The largest absolute Gasteiger partial charge is 0.497 e. The van der Waals surface area contributed by atoms with Gasteiger partial charge in [-0.25, -0.2) is 0 Å². The number of nitrogens with zero attached hydrogens (tertiary/aromatic N) is 3. The van der Waals surface area contributed by atoms with Gasteiger partial charge in [0, 0.05) is 32.5 Å². The molecule has 5 heteroatoms. The monoisotopic (exact) mass is 276 g/mol. The quantitative estimate of drug-likeness (QED) is 0.834. The maximum Gasteiger partial charge on any atom is 0.134 e. The summed E-state index contributed by atoms with van der Waals surface area (Å²) in [7, 11) is 0. The van der Waals surface area contributed by atoms with E-state index in [1.807, 2.05) is 6.26 Å². The van der Waals surface area contributed by atoms with Crippen LogP contribution in [0.3, 0.4) is 0 Å². The van der Waals surface area contributed by atoms with Crippen LogP contribution in [0.15, 0.2) is 12.3 Å². The minimum Gasteiger partial charge on any atom is -0.497 e. The highest BCUT2D eigenvalue weighted by Gasteiger charge is 2.14. The van der Waals surface area contributed by atoms with Crippen molar-refractivity contribution >= 4 is 0 Å². The second-order valence-corrected chi connectivity index (χ2v) is 5.66. The Labute approximate surface area is 120 Å². The van der Waals surface area contributed by atoms with E-state index in [0.717, 1.165) is 51.1 Å². The Morgan fingerprint density at radius 2 is 2.30 bits per heavy atom. The maximum atomic E-state index is 5.55. The third kappa shape index (κ3) is 3.39. The Hall–Kier alpha value is -1.36. The Kier molecular flexibility index (Phi) is 4.69. The number of allylic oxidation sites excluding steroid dienone is 1. The number of aryl methyl sites for hydroxylation is 1. The van der Waals surface area contributed by atoms with Crippen molar-refractivity contribution in [2.75, 3.05) is 13.1 Å². The minimum absolute atomic E-state index is 0.329. The molecule has 0 aliphatic carbocycles. The summed E-state index contributed by atoms with van der Waals surface area (Å²) in [5, 5.41) is 12.2. The van der Waals surface area contributed by atoms with Crippen LogP contribution in [0.4, 0.5) is 0 Å². The molecule has 0 amide bonds. The molecule has 20 heavy (non-hydrogen) atoms. The van der Waals surface area contributed by atoms with Crippen molar-refractivity contribution in [3.8, 4) is 0 Å². The summed E-state index contributed by atoms with van der Waals surface area (Å²) in [6.45, 7) is 2.96. The van der Waals surface area contributed by atoms with Gasteiger partial charge in [-0.15, -0.1) is 10.2 Å². The zero-order valence-corrected chi connectivity index (χ0v) is 12.1. The van der Waals surface area contributed by atoms with Gasteiger partial charge in [0.15, 0.2) is 0 Å². The van der Waals surface area contributed by atoms with Crippen molar-refractivity contribution in [2.45, 2.75) is 57.6 Å². The number of ether oxygens (including phenoxy) is 1. The van der Waals surface area contributed by atoms with Gasteiger partial charge in [-0.1, -0.05) is 6.42 Å². The zero-order chi connectivity index (χ0) is 13.6. The fourth-order valence-corrected chi connectivity index (χ4v) is 2.93. The van der Waals surface area contributed by atoms with Crippen LogP contribution in [-0.4, -0.2) is 34.0 Å². The predicted octanol–water partition coefficient (Wildman–Crippen LogP) is 1.83. The van der Waals surface area contributed by atoms with Crippen molar-refractivity contribution in [3.05, 3.63) is 24.0 Å². The lowest BCUT2D eigenvalue weighted by Crippen LogP contribution is -2.30. The Morgan fingerprint density at radius 3 is 3.20 bits per heavy atom. The topological polar surface area (TPSA) is 52.0 Å². The van der Waals surface area contributed by atoms with E-state index in [0.29, 0.717) is 6.10 Å². The number of nitrogens with one attached hydrogen (secondary N) is 1. The van der Waals surface area contributed by atoms with Gasteiger partial charge >= 0.3 is 0 Å². The summed E-state index contributed by atoms with van der Waals surface area (Å²) < 4.78 is 7.87. The molecule has 3 heterocycles. The normalized spacial score (nSPS) is 22.1. The van der Waals surface area contributed by atoms with Crippen molar-refractivity contribution in [1.82, 2.24) is 20.1 Å². The molecule has 1 aromatic rings. The van der Waals surface area contributed by atoms with Crippen LogP contribution in [0.5, 0.6) is 0 Å². The summed E-state index contributed by atoms with van der Waals surface area (Å²) in [6, 6.07) is 0. The van der Waals surface area contributed by atoms with Gasteiger partial charge in [0.1, 0.15) is 17.8 Å². The molecule has 0 saturated heterocycles. The molecular formula is C15H24N4O. The van der Waals surface area contributed by atoms with E-state index in [-0.39, 0.29) is 0 Å². The van der Waals surface area contributed by atoms with Gasteiger partial charge in [-0.05, 0) is 31.8 Å². The molecule has 1 aromatic heterocycles. The molecule has 3 rings (SSSR count). The molecule has 0 aromatic carbocycles. The highest BCUT2D eigenvalue weighted by molar-refractivity contribution is 4.98. The van der Waals surface area contributed by atoms with Crippen molar-refractivity contribution in [3.63, 3.8) is 0 Å². The van der Waals surface area contributed by atoms with Crippen LogP contribution in [0.25, 0.3) is 0 Å². The number of fused-ring (bicyclic) bond motifs is 1. The molecule has 0 saturated carbocycles. The number of aromatic nitrogens is 3. The Bertz CT molecular complexity index is 455. The lowest BCUT2D eigenvalue weighted by atomic mass is 10.1. The minimum atomic E-state index is 0.329. The first-order valence-corrected chi connectivity index (χ1v) is 7.85. The van der Waals surface area contributed by atoms with Gasteiger partial charge in [0.2, 0.25) is 0 Å². The maximum absolute atomic E-state index is 5.55. The van der Waals surface area contributed by atoms with Crippen molar-refractivity contribution in [2.24, 2.45) is 0 Å². The van der Waals surface area contributed by atoms with E-state index in [1.54, 1.807) is 0 Å². The van der Waals surface area contributed by atoms with E-state index in [4.69, 9.17) is 4.74 Å². The van der Waals surface area contributed by atoms with E-state index >= 15 is 0 Å². The van der Waals surface area contributed by atoms with Gasteiger partial charge in [-0.2, -0.15) is 0 Å². The molecule has 5 nitrogen and oxygen atoms in total. The third-order valence-corrected chi connectivity index (χ3v) is 4.11. The molecule has 2 aliphatic rings. The lowest BCUT2D eigenvalue weighted by Gasteiger charge is -2.19. The van der Waals surface area contributed by atoms with Crippen molar-refractivity contribution in [1.29, 1.82) is 0 Å². The second-order valence-electron chi connectivity index (χ2n) is 5.66. The Balaban J connectivity index is 1.44. The molecule has 0 bridgehead atoms. The molecule has 1 N–H and O–H groups in total. The van der Waals surface area contributed by atoms with Crippen LogP contribution < -0.4 is 5.32 Å². The van der Waals surface area contributed by atoms with E-state index in [9.17, 15) is 0 Å². The smallest absolute Gasteiger partial charge is 0.134 e. The summed E-state index contributed by atoms with van der Waals surface area (Å²) in [6.07, 6.45) is 12.3. The average molecular weight is 276 g/mol. The van der Waals surface area contributed by atoms with Gasteiger partial charge in [0.05, 0.1) is 6.26 Å². The van der Waals surface area contributed by atoms with Crippen LogP contribution in [-0.2, 0) is 24.1 Å². The number of rotatable bonds is 5. The first-order valence-electron chi connectivity index (χ1n) is 7.85. The van der Waals surface area contributed by atoms with Gasteiger partial charge < -0.3 is 14.6 Å². The first-order chi connectivity index (χ1) is 9.93. The highest BCUT2D eigenvalue weighted by atomic mass is 16.5. The third-order valence-electron chi connectivity index (χ3n) is 4.11. The molecule has 0 radical (unpaired) electrons. The predicted molar refractivity (Wildman–Crippen MR) is 77.4 cm³/mol. The fourth-order valence-electron chi connectivity index (χ4n) is 2.93. The molecule has 0 unspecified atom stereocenters. The zero-order valence-electron chi connectivity index (χ0n) is 12.1. The van der Waals surface area contributed by atoms with Gasteiger partial charge in [-0.3, -0.25) is 0 Å². The first kappa shape index (κ1) is 13.6. The molecule has 1 atom stereocenters. The van der Waals surface area contributed by atoms with Crippen LogP contribution in [0.1, 0.15) is 43.8 Å². The molecule has 0 spiro atoms. The molecule has 110 valence electrons. The summed E-state index contributed by atoms with van der Waals surface area (Å²) in [4.78, 5) is 0. The van der Waals surface area contributed by atoms with E-state index in [2.05, 4.69) is 26.2 Å². The molecule has 2 aliphatic heterocycles. The Morgan fingerprint density at radius 1 is 1.30 bits per heavy atom. The second kappa shape index (κ2) is 6.88. The van der Waals surface area contributed by atoms with Gasteiger partial charge in [0.25, 0.3) is 0 Å². The molecular weight excluding hydrogens is 252 g/mol.